The van der Waals surface area contributed by atoms with E-state index in [2.05, 4.69) is 17.2 Å². The van der Waals surface area contributed by atoms with Crippen molar-refractivity contribution in [2.24, 2.45) is 5.92 Å². The Labute approximate surface area is 102 Å². The second-order valence-corrected chi connectivity index (χ2v) is 5.09. The van der Waals surface area contributed by atoms with Crippen LogP contribution < -0.4 is 5.32 Å². The van der Waals surface area contributed by atoms with Gasteiger partial charge >= 0.3 is 0 Å². The molecule has 88 valence electrons. The Kier molecular flexibility index (Phi) is 4.05. The highest BCUT2D eigenvalue weighted by Gasteiger charge is 2.19. The number of hydrogen-bond donors (Lipinski definition) is 1. The van der Waals surface area contributed by atoms with Crippen LogP contribution in [0.15, 0.2) is 18.3 Å². The highest BCUT2D eigenvalue weighted by molar-refractivity contribution is 6.29. The quantitative estimate of drug-likeness (QED) is 0.802. The van der Waals surface area contributed by atoms with Gasteiger partial charge in [0.25, 0.3) is 0 Å². The van der Waals surface area contributed by atoms with Gasteiger partial charge in [0.1, 0.15) is 5.15 Å². The Hall–Kier alpha value is -0.760. The van der Waals surface area contributed by atoms with Gasteiger partial charge in [-0.15, -0.1) is 0 Å². The van der Waals surface area contributed by atoms with Crippen LogP contribution in [-0.4, -0.2) is 11.0 Å². The van der Waals surface area contributed by atoms with E-state index in [1.54, 1.807) is 6.20 Å². The summed E-state index contributed by atoms with van der Waals surface area (Å²) in [4.78, 5) is 3.99. The third-order valence-electron chi connectivity index (χ3n) is 3.48. The zero-order valence-corrected chi connectivity index (χ0v) is 10.5. The number of anilines is 1. The van der Waals surface area contributed by atoms with E-state index in [0.717, 1.165) is 11.6 Å². The van der Waals surface area contributed by atoms with Gasteiger partial charge < -0.3 is 5.32 Å². The van der Waals surface area contributed by atoms with Crippen molar-refractivity contribution in [1.82, 2.24) is 4.98 Å². The summed E-state index contributed by atoms with van der Waals surface area (Å²) in [6.07, 6.45) is 8.63. The first-order valence-corrected chi connectivity index (χ1v) is 6.51. The van der Waals surface area contributed by atoms with Crippen molar-refractivity contribution in [1.29, 1.82) is 0 Å². The minimum atomic E-state index is 0.527. The molecule has 1 N–H and O–H groups in total. The fraction of sp³-hybridized carbons (Fsp3) is 0.615. The molecule has 1 atom stereocenters. The normalized spacial score (nSPS) is 19.4. The van der Waals surface area contributed by atoms with Crippen LogP contribution in [-0.2, 0) is 0 Å². The Morgan fingerprint density at radius 3 is 2.81 bits per heavy atom. The first-order chi connectivity index (χ1) is 7.75. The lowest BCUT2D eigenvalue weighted by Gasteiger charge is -2.29. The topological polar surface area (TPSA) is 24.9 Å². The van der Waals surface area contributed by atoms with Gasteiger partial charge in [-0.25, -0.2) is 4.98 Å². The van der Waals surface area contributed by atoms with Gasteiger partial charge in [-0.05, 0) is 37.8 Å². The van der Waals surface area contributed by atoms with Crippen LogP contribution >= 0.6 is 11.6 Å². The van der Waals surface area contributed by atoms with Crippen LogP contribution in [0.2, 0.25) is 5.15 Å². The second kappa shape index (κ2) is 5.53. The summed E-state index contributed by atoms with van der Waals surface area (Å²) in [5, 5.41) is 4.08. The van der Waals surface area contributed by atoms with Crippen molar-refractivity contribution < 1.29 is 0 Å². The molecule has 1 unspecified atom stereocenters. The number of nitrogens with zero attached hydrogens (tertiary/aromatic N) is 1. The van der Waals surface area contributed by atoms with Crippen LogP contribution in [0, 0.1) is 5.92 Å². The molecule has 0 saturated heterocycles. The predicted octanol–water partition coefficient (Wildman–Crippen LogP) is 4.12. The molecule has 1 aromatic heterocycles. The van der Waals surface area contributed by atoms with E-state index in [1.165, 1.54) is 32.1 Å². The van der Waals surface area contributed by atoms with Crippen LogP contribution in [0.3, 0.4) is 0 Å². The van der Waals surface area contributed by atoms with E-state index in [-0.39, 0.29) is 0 Å². The fourth-order valence-electron chi connectivity index (χ4n) is 2.51. The number of pyridine rings is 1. The average Bonchev–Trinajstić information content (AvgIpc) is 2.30. The van der Waals surface area contributed by atoms with E-state index in [9.17, 15) is 0 Å². The highest BCUT2D eigenvalue weighted by Crippen LogP contribution is 2.28. The maximum atomic E-state index is 5.86. The maximum Gasteiger partial charge on any atom is 0.131 e. The zero-order valence-electron chi connectivity index (χ0n) is 9.75. The Bertz CT molecular complexity index is 334. The minimum Gasteiger partial charge on any atom is -0.382 e. The molecule has 1 aromatic rings. The molecule has 16 heavy (non-hydrogen) atoms. The van der Waals surface area contributed by atoms with E-state index in [4.69, 9.17) is 11.6 Å². The summed E-state index contributed by atoms with van der Waals surface area (Å²) in [6.45, 7) is 2.27. The summed E-state index contributed by atoms with van der Waals surface area (Å²) < 4.78 is 0. The molecule has 3 heteroatoms. The molecule has 0 amide bonds. The van der Waals surface area contributed by atoms with Crippen molar-refractivity contribution in [3.05, 3.63) is 23.5 Å². The van der Waals surface area contributed by atoms with E-state index < -0.39 is 0 Å². The number of halogens is 1. The van der Waals surface area contributed by atoms with Crippen molar-refractivity contribution in [2.45, 2.75) is 45.1 Å². The fourth-order valence-corrected chi connectivity index (χ4v) is 2.68. The monoisotopic (exact) mass is 238 g/mol. The third-order valence-corrected chi connectivity index (χ3v) is 3.68. The van der Waals surface area contributed by atoms with E-state index in [1.807, 2.05) is 12.1 Å². The molecule has 0 bridgehead atoms. The minimum absolute atomic E-state index is 0.527. The summed E-state index contributed by atoms with van der Waals surface area (Å²) in [7, 11) is 0. The molecule has 1 aliphatic carbocycles. The van der Waals surface area contributed by atoms with Crippen molar-refractivity contribution in [3.8, 4) is 0 Å². The van der Waals surface area contributed by atoms with E-state index >= 15 is 0 Å². The van der Waals surface area contributed by atoms with E-state index in [0.29, 0.717) is 11.2 Å². The standard InChI is InChI=1S/C13H19ClN2/c1-10(11-5-3-2-4-6-11)16-12-7-8-15-13(14)9-12/h7-11H,2-6H2,1H3,(H,15,16). The summed E-state index contributed by atoms with van der Waals surface area (Å²) in [5.74, 6) is 0.806. The van der Waals surface area contributed by atoms with Gasteiger partial charge in [0.05, 0.1) is 0 Å². The van der Waals surface area contributed by atoms with Crippen molar-refractivity contribution >= 4 is 17.3 Å². The van der Waals surface area contributed by atoms with Crippen molar-refractivity contribution in [2.75, 3.05) is 5.32 Å². The van der Waals surface area contributed by atoms with Crippen LogP contribution in [0.25, 0.3) is 0 Å². The summed E-state index contributed by atoms with van der Waals surface area (Å²) in [6, 6.07) is 4.39. The molecule has 0 spiro atoms. The van der Waals surface area contributed by atoms with Crippen molar-refractivity contribution in [3.63, 3.8) is 0 Å². The lowest BCUT2D eigenvalue weighted by Crippen LogP contribution is -2.27. The molecule has 1 aliphatic rings. The Morgan fingerprint density at radius 1 is 1.38 bits per heavy atom. The molecule has 2 nitrogen and oxygen atoms in total. The highest BCUT2D eigenvalue weighted by atomic mass is 35.5. The summed E-state index contributed by atoms with van der Waals surface area (Å²) in [5.41, 5.74) is 1.08. The molecule has 0 aromatic carbocycles. The smallest absolute Gasteiger partial charge is 0.131 e. The third kappa shape index (κ3) is 3.11. The average molecular weight is 239 g/mol. The molecule has 1 heterocycles. The SMILES string of the molecule is CC(Nc1ccnc(Cl)c1)C1CCCCC1. The predicted molar refractivity (Wildman–Crippen MR) is 68.9 cm³/mol. The van der Waals surface area contributed by atoms with Crippen LogP contribution in [0.1, 0.15) is 39.0 Å². The van der Waals surface area contributed by atoms with Gasteiger partial charge in [0, 0.05) is 17.9 Å². The molecular formula is C13H19ClN2. The molecule has 0 radical (unpaired) electrons. The van der Waals surface area contributed by atoms with Gasteiger partial charge in [-0.1, -0.05) is 30.9 Å². The largest absolute Gasteiger partial charge is 0.382 e. The molecule has 1 saturated carbocycles. The van der Waals surface area contributed by atoms with Gasteiger partial charge in [0.2, 0.25) is 0 Å². The molecule has 2 rings (SSSR count). The molecule has 0 aliphatic heterocycles. The van der Waals surface area contributed by atoms with Gasteiger partial charge in [-0.3, -0.25) is 0 Å². The van der Waals surface area contributed by atoms with Crippen LogP contribution in [0.4, 0.5) is 5.69 Å². The maximum absolute atomic E-state index is 5.86. The Morgan fingerprint density at radius 2 is 2.12 bits per heavy atom. The summed E-state index contributed by atoms with van der Waals surface area (Å²) >= 11 is 5.86. The first-order valence-electron chi connectivity index (χ1n) is 6.14. The van der Waals surface area contributed by atoms with Gasteiger partial charge in [-0.2, -0.15) is 0 Å². The second-order valence-electron chi connectivity index (χ2n) is 4.70. The number of hydrogen-bond acceptors (Lipinski definition) is 2. The lowest BCUT2D eigenvalue weighted by atomic mass is 9.84. The lowest BCUT2D eigenvalue weighted by molar-refractivity contribution is 0.328. The van der Waals surface area contributed by atoms with Gasteiger partial charge in [0.15, 0.2) is 0 Å². The van der Waals surface area contributed by atoms with Crippen LogP contribution in [0.5, 0.6) is 0 Å². The molecule has 1 fully saturated rings. The number of aromatic nitrogens is 1. The first kappa shape index (κ1) is 11.7. The number of nitrogens with one attached hydrogen (secondary N) is 1. The Balaban J connectivity index is 1.93. The zero-order chi connectivity index (χ0) is 11.4. The number of rotatable bonds is 3. The molecular weight excluding hydrogens is 220 g/mol.